The van der Waals surface area contributed by atoms with Gasteiger partial charge in [0.25, 0.3) is 0 Å². The Kier molecular flexibility index (Phi) is 8.46. The Morgan fingerprint density at radius 1 is 1.35 bits per heavy atom. The summed E-state index contributed by atoms with van der Waals surface area (Å²) in [5, 5.41) is 10.0. The standard InChI is InChI=1S/C15H23FO3S/c1-19-15(18)8-5-6-12-9-10-14(20-12)13(17)7-3-2-4-11-16/h9-10,13,17H,2-8,11H2,1H3. The van der Waals surface area contributed by atoms with Gasteiger partial charge in [0.15, 0.2) is 0 Å². The van der Waals surface area contributed by atoms with E-state index in [2.05, 4.69) is 4.74 Å². The number of methoxy groups -OCH3 is 1. The van der Waals surface area contributed by atoms with Gasteiger partial charge in [-0.25, -0.2) is 0 Å². The van der Waals surface area contributed by atoms with Gasteiger partial charge in [-0.2, -0.15) is 0 Å². The van der Waals surface area contributed by atoms with Crippen molar-refractivity contribution in [1.29, 1.82) is 0 Å². The Bertz CT molecular complexity index is 392. The van der Waals surface area contributed by atoms with Gasteiger partial charge >= 0.3 is 5.97 Å². The van der Waals surface area contributed by atoms with E-state index in [1.54, 1.807) is 11.3 Å². The number of alkyl halides is 1. The molecule has 0 aliphatic rings. The Balaban J connectivity index is 2.29. The van der Waals surface area contributed by atoms with E-state index in [1.165, 1.54) is 12.0 Å². The highest BCUT2D eigenvalue weighted by Gasteiger charge is 2.10. The minimum atomic E-state index is -0.450. The van der Waals surface area contributed by atoms with E-state index in [9.17, 15) is 14.3 Å². The van der Waals surface area contributed by atoms with E-state index in [-0.39, 0.29) is 12.6 Å². The van der Waals surface area contributed by atoms with Gasteiger partial charge in [-0.3, -0.25) is 9.18 Å². The summed E-state index contributed by atoms with van der Waals surface area (Å²) in [4.78, 5) is 13.1. The van der Waals surface area contributed by atoms with Gasteiger partial charge in [-0.1, -0.05) is 12.8 Å². The van der Waals surface area contributed by atoms with Crippen molar-refractivity contribution in [2.45, 2.75) is 51.0 Å². The summed E-state index contributed by atoms with van der Waals surface area (Å²) in [6, 6.07) is 3.94. The normalized spacial score (nSPS) is 12.3. The quantitative estimate of drug-likeness (QED) is 0.528. The number of ether oxygens (including phenoxy) is 1. The number of unbranched alkanes of at least 4 members (excludes halogenated alkanes) is 2. The molecule has 20 heavy (non-hydrogen) atoms. The number of aliphatic hydroxyl groups excluding tert-OH is 1. The maximum Gasteiger partial charge on any atom is 0.305 e. The number of carbonyl (C=O) groups is 1. The molecule has 114 valence electrons. The molecule has 1 N–H and O–H groups in total. The number of thiophene rings is 1. The Morgan fingerprint density at radius 2 is 2.15 bits per heavy atom. The average Bonchev–Trinajstić information content (AvgIpc) is 2.92. The molecule has 1 atom stereocenters. The molecule has 0 aliphatic heterocycles. The molecule has 1 unspecified atom stereocenters. The minimum Gasteiger partial charge on any atom is -0.469 e. The second-order valence-electron chi connectivity index (χ2n) is 4.79. The highest BCUT2D eigenvalue weighted by molar-refractivity contribution is 7.12. The monoisotopic (exact) mass is 302 g/mol. The molecule has 1 aromatic heterocycles. The predicted octanol–water partition coefficient (Wildman–Crippen LogP) is 3.81. The molecule has 0 fully saturated rings. The summed E-state index contributed by atoms with van der Waals surface area (Å²) in [6.07, 6.45) is 4.50. The van der Waals surface area contributed by atoms with Gasteiger partial charge in [0, 0.05) is 16.2 Å². The molecule has 0 saturated heterocycles. The first-order valence-electron chi connectivity index (χ1n) is 7.06. The summed E-state index contributed by atoms with van der Waals surface area (Å²) in [5.41, 5.74) is 0. The van der Waals surface area contributed by atoms with Gasteiger partial charge < -0.3 is 9.84 Å². The predicted molar refractivity (Wildman–Crippen MR) is 78.7 cm³/mol. The van der Waals surface area contributed by atoms with Crippen molar-refractivity contribution < 1.29 is 19.0 Å². The zero-order valence-electron chi connectivity index (χ0n) is 11.9. The largest absolute Gasteiger partial charge is 0.469 e. The van der Waals surface area contributed by atoms with Crippen LogP contribution in [0, 0.1) is 0 Å². The average molecular weight is 302 g/mol. The number of hydrogen-bond acceptors (Lipinski definition) is 4. The molecule has 5 heteroatoms. The molecule has 0 spiro atoms. The highest BCUT2D eigenvalue weighted by Crippen LogP contribution is 2.28. The second kappa shape index (κ2) is 9.88. The van der Waals surface area contributed by atoms with Crippen LogP contribution >= 0.6 is 11.3 Å². The zero-order chi connectivity index (χ0) is 14.8. The molecule has 0 aliphatic carbocycles. The van der Waals surface area contributed by atoms with Crippen molar-refractivity contribution in [2.24, 2.45) is 0 Å². The Hall–Kier alpha value is -0.940. The number of carbonyl (C=O) groups excluding carboxylic acids is 1. The summed E-state index contributed by atoms with van der Waals surface area (Å²) in [5.74, 6) is -0.185. The van der Waals surface area contributed by atoms with Crippen LogP contribution in [0.1, 0.15) is 54.4 Å². The van der Waals surface area contributed by atoms with Crippen LogP contribution in [0.5, 0.6) is 0 Å². The van der Waals surface area contributed by atoms with Crippen LogP contribution in [0.3, 0.4) is 0 Å². The van der Waals surface area contributed by atoms with Gasteiger partial charge in [-0.15, -0.1) is 11.3 Å². The van der Waals surface area contributed by atoms with Crippen LogP contribution in [-0.2, 0) is 16.0 Å². The van der Waals surface area contributed by atoms with E-state index in [0.717, 1.165) is 30.6 Å². The lowest BCUT2D eigenvalue weighted by atomic mass is 10.1. The SMILES string of the molecule is COC(=O)CCCc1ccc(C(O)CCCCCF)s1. The molecule has 0 amide bonds. The summed E-state index contributed by atoms with van der Waals surface area (Å²) < 4.78 is 16.5. The van der Waals surface area contributed by atoms with Crippen molar-refractivity contribution in [1.82, 2.24) is 0 Å². The molecule has 0 radical (unpaired) electrons. The Labute approximate surface area is 123 Å². The van der Waals surface area contributed by atoms with E-state index >= 15 is 0 Å². The van der Waals surface area contributed by atoms with Crippen LogP contribution in [0.15, 0.2) is 12.1 Å². The fraction of sp³-hybridized carbons (Fsp3) is 0.667. The van der Waals surface area contributed by atoms with Crippen molar-refractivity contribution in [3.8, 4) is 0 Å². The second-order valence-corrected chi connectivity index (χ2v) is 5.99. The first-order valence-corrected chi connectivity index (χ1v) is 7.88. The van der Waals surface area contributed by atoms with Crippen LogP contribution in [0.2, 0.25) is 0 Å². The van der Waals surface area contributed by atoms with Crippen LogP contribution in [0.4, 0.5) is 4.39 Å². The number of halogens is 1. The molecule has 1 rings (SSSR count). The van der Waals surface area contributed by atoms with Crippen LogP contribution in [0.25, 0.3) is 0 Å². The van der Waals surface area contributed by atoms with E-state index < -0.39 is 6.10 Å². The first kappa shape index (κ1) is 17.1. The third kappa shape index (κ3) is 6.48. The molecule has 0 saturated carbocycles. The molecule has 1 heterocycles. The van der Waals surface area contributed by atoms with Gasteiger partial charge in [0.05, 0.1) is 19.9 Å². The van der Waals surface area contributed by atoms with Crippen molar-refractivity contribution >= 4 is 17.3 Å². The van der Waals surface area contributed by atoms with Crippen molar-refractivity contribution in [3.05, 3.63) is 21.9 Å². The summed E-state index contributed by atoms with van der Waals surface area (Å²) >= 11 is 1.59. The maximum atomic E-state index is 12.0. The molecule has 0 aromatic carbocycles. The van der Waals surface area contributed by atoms with Crippen molar-refractivity contribution in [2.75, 3.05) is 13.8 Å². The molecule has 3 nitrogen and oxygen atoms in total. The third-order valence-corrected chi connectivity index (χ3v) is 4.40. The van der Waals surface area contributed by atoms with E-state index in [1.807, 2.05) is 12.1 Å². The maximum absolute atomic E-state index is 12.0. The lowest BCUT2D eigenvalue weighted by molar-refractivity contribution is -0.140. The minimum absolute atomic E-state index is 0.185. The van der Waals surface area contributed by atoms with Crippen LogP contribution < -0.4 is 0 Å². The van der Waals surface area contributed by atoms with Gasteiger partial charge in [-0.05, 0) is 37.8 Å². The van der Waals surface area contributed by atoms with Crippen molar-refractivity contribution in [3.63, 3.8) is 0 Å². The summed E-state index contributed by atoms with van der Waals surface area (Å²) in [6.45, 7) is -0.278. The molecule has 0 bridgehead atoms. The fourth-order valence-corrected chi connectivity index (χ4v) is 3.04. The number of esters is 1. The van der Waals surface area contributed by atoms with Crippen LogP contribution in [-0.4, -0.2) is 24.9 Å². The number of rotatable bonds is 10. The van der Waals surface area contributed by atoms with E-state index in [0.29, 0.717) is 19.3 Å². The lowest BCUT2D eigenvalue weighted by Crippen LogP contribution is -1.99. The van der Waals surface area contributed by atoms with Gasteiger partial charge in [0.2, 0.25) is 0 Å². The number of hydrogen-bond donors (Lipinski definition) is 1. The molecular weight excluding hydrogens is 279 g/mol. The lowest BCUT2D eigenvalue weighted by Gasteiger charge is -2.07. The smallest absolute Gasteiger partial charge is 0.305 e. The fourth-order valence-electron chi connectivity index (χ4n) is 1.97. The number of aliphatic hydroxyl groups is 1. The third-order valence-electron chi connectivity index (χ3n) is 3.15. The Morgan fingerprint density at radius 3 is 2.85 bits per heavy atom. The molecule has 1 aromatic rings. The highest BCUT2D eigenvalue weighted by atomic mass is 32.1. The van der Waals surface area contributed by atoms with Gasteiger partial charge in [0.1, 0.15) is 0 Å². The topological polar surface area (TPSA) is 46.5 Å². The number of aryl methyl sites for hydroxylation is 1. The first-order chi connectivity index (χ1) is 9.67. The summed E-state index contributed by atoms with van der Waals surface area (Å²) in [7, 11) is 1.39. The van der Waals surface area contributed by atoms with E-state index in [4.69, 9.17) is 0 Å². The zero-order valence-corrected chi connectivity index (χ0v) is 12.8. The molecular formula is C15H23FO3S.